The van der Waals surface area contributed by atoms with Gasteiger partial charge >= 0.3 is 0 Å². The van der Waals surface area contributed by atoms with E-state index in [-0.39, 0.29) is 17.3 Å². The number of carbonyl (C=O) groups excluding carboxylic acids is 3. The van der Waals surface area contributed by atoms with Gasteiger partial charge in [-0.1, -0.05) is 72.3 Å². The Bertz CT molecular complexity index is 1780. The van der Waals surface area contributed by atoms with Gasteiger partial charge in [0, 0.05) is 33.3 Å². The van der Waals surface area contributed by atoms with Crippen molar-refractivity contribution in [2.75, 3.05) is 19.1 Å². The predicted octanol–water partition coefficient (Wildman–Crippen LogP) is 6.67. The number of anilines is 1. The van der Waals surface area contributed by atoms with Crippen molar-refractivity contribution in [3.63, 3.8) is 0 Å². The molecule has 0 radical (unpaired) electrons. The number of benzene rings is 4. The Labute approximate surface area is 248 Å². The van der Waals surface area contributed by atoms with Crippen LogP contribution >= 0.6 is 11.6 Å². The minimum atomic E-state index is -1.60. The molecule has 0 bridgehead atoms. The fraction of sp³-hybridized carbons (Fsp3) is 0.171. The maximum absolute atomic E-state index is 14.7. The summed E-state index contributed by atoms with van der Waals surface area (Å²) < 4.78 is 11.1. The highest BCUT2D eigenvalue weighted by atomic mass is 35.5. The summed E-state index contributed by atoms with van der Waals surface area (Å²) in [4.78, 5) is 46.2. The number of nitrogens with zero attached hydrogens (tertiary/aromatic N) is 1. The first-order valence-corrected chi connectivity index (χ1v) is 14.1. The monoisotopic (exact) mass is 575 g/mol. The molecule has 6 nitrogen and oxygen atoms in total. The van der Waals surface area contributed by atoms with Crippen LogP contribution in [0.4, 0.5) is 5.69 Å². The Kier molecular flexibility index (Phi) is 6.06. The van der Waals surface area contributed by atoms with Crippen molar-refractivity contribution < 1.29 is 23.9 Å². The maximum atomic E-state index is 14.7. The van der Waals surface area contributed by atoms with Gasteiger partial charge in [-0.15, -0.1) is 0 Å². The topological polar surface area (TPSA) is 72.9 Å². The van der Waals surface area contributed by atoms with Crippen LogP contribution in [-0.4, -0.2) is 43.7 Å². The molecule has 2 heterocycles. The molecule has 4 aromatic carbocycles. The summed E-state index contributed by atoms with van der Waals surface area (Å²) >= 11 is 6.18. The first kappa shape index (κ1) is 26.2. The zero-order valence-electron chi connectivity index (χ0n) is 22.9. The van der Waals surface area contributed by atoms with Crippen LogP contribution in [0.25, 0.3) is 6.08 Å². The first-order chi connectivity index (χ1) is 20.4. The third-order valence-electron chi connectivity index (χ3n) is 8.88. The highest BCUT2D eigenvalue weighted by Crippen LogP contribution is 2.61. The smallest absolute Gasteiger partial charge is 0.185 e. The van der Waals surface area contributed by atoms with Crippen LogP contribution < -0.4 is 14.4 Å². The first-order valence-electron chi connectivity index (χ1n) is 13.7. The van der Waals surface area contributed by atoms with Crippen LogP contribution in [0.15, 0.2) is 97.1 Å². The van der Waals surface area contributed by atoms with Crippen molar-refractivity contribution in [1.82, 2.24) is 0 Å². The lowest BCUT2D eigenvalue weighted by Crippen LogP contribution is -2.48. The Morgan fingerprint density at radius 1 is 0.810 bits per heavy atom. The lowest BCUT2D eigenvalue weighted by Gasteiger charge is -2.37. The Morgan fingerprint density at radius 2 is 1.45 bits per heavy atom. The Hall–Kier alpha value is -4.68. The van der Waals surface area contributed by atoms with Crippen LogP contribution in [0.1, 0.15) is 48.1 Å². The molecular formula is C35H26ClNO5. The molecule has 0 N–H and O–H groups in total. The standard InChI is InChI=1S/C35H26ClNO5/c1-41-27-17-13-22(19-28(27)42-2)30-31(32(38)21-11-15-23(36)16-12-21)37-26-10-6-3-7-20(26)14-18-29(37)35(30)33(39)24-8-4-5-9-25(24)34(35)40/h3-19,29-31H,1-2H3/t29-,30-,31+/m0/s1. The van der Waals surface area contributed by atoms with E-state index in [1.807, 2.05) is 47.4 Å². The number of Topliss-reactive ketones (excluding diaryl/α,β-unsaturated/α-hetero) is 3. The predicted molar refractivity (Wildman–Crippen MR) is 161 cm³/mol. The van der Waals surface area contributed by atoms with Crippen LogP contribution in [-0.2, 0) is 0 Å². The average molecular weight is 576 g/mol. The van der Waals surface area contributed by atoms with Crippen LogP contribution in [0, 0.1) is 5.41 Å². The van der Waals surface area contributed by atoms with Crippen molar-refractivity contribution in [1.29, 1.82) is 0 Å². The number of carbonyl (C=O) groups is 3. The molecule has 0 saturated carbocycles. The zero-order chi connectivity index (χ0) is 29.2. The van der Waals surface area contributed by atoms with Crippen molar-refractivity contribution in [3.8, 4) is 11.5 Å². The van der Waals surface area contributed by atoms with Crippen LogP contribution in [0.2, 0.25) is 5.02 Å². The normalized spacial score (nSPS) is 21.2. The summed E-state index contributed by atoms with van der Waals surface area (Å²) in [6.07, 6.45) is 3.86. The number of methoxy groups -OCH3 is 2. The molecule has 0 aromatic heterocycles. The van der Waals surface area contributed by atoms with E-state index in [4.69, 9.17) is 21.1 Å². The second kappa shape index (κ2) is 9.71. The third-order valence-corrected chi connectivity index (χ3v) is 9.13. The molecular weight excluding hydrogens is 550 g/mol. The Morgan fingerprint density at radius 3 is 2.12 bits per heavy atom. The van der Waals surface area contributed by atoms with Gasteiger partial charge in [-0.3, -0.25) is 14.4 Å². The largest absolute Gasteiger partial charge is 0.493 e. The molecule has 3 aliphatic rings. The molecule has 0 amide bonds. The molecule has 2 aliphatic heterocycles. The van der Waals surface area contributed by atoms with Crippen LogP contribution in [0.3, 0.4) is 0 Å². The third kappa shape index (κ3) is 3.48. The van der Waals surface area contributed by atoms with E-state index in [1.165, 1.54) is 7.11 Å². The number of fused-ring (bicyclic) bond motifs is 5. The van der Waals surface area contributed by atoms with Gasteiger partial charge in [0.25, 0.3) is 0 Å². The highest BCUT2D eigenvalue weighted by molar-refractivity contribution is 6.32. The van der Waals surface area contributed by atoms with Gasteiger partial charge in [0.2, 0.25) is 0 Å². The van der Waals surface area contributed by atoms with Gasteiger partial charge in [0.1, 0.15) is 11.5 Å². The number of hydrogen-bond donors (Lipinski definition) is 0. The van der Waals surface area contributed by atoms with E-state index in [9.17, 15) is 14.4 Å². The summed E-state index contributed by atoms with van der Waals surface area (Å²) in [6, 6.07) is 25.2. The highest BCUT2D eigenvalue weighted by Gasteiger charge is 2.71. The molecule has 1 aliphatic carbocycles. The minimum absolute atomic E-state index is 0.213. The molecule has 1 saturated heterocycles. The summed E-state index contributed by atoms with van der Waals surface area (Å²) in [6.45, 7) is 0. The fourth-order valence-electron chi connectivity index (χ4n) is 7.12. The molecule has 4 aromatic rings. The number of hydrogen-bond acceptors (Lipinski definition) is 6. The van der Waals surface area contributed by atoms with E-state index >= 15 is 0 Å². The molecule has 1 fully saturated rings. The lowest BCUT2D eigenvalue weighted by molar-refractivity contribution is 0.0665. The SMILES string of the molecule is COc1ccc([C@H]2[C@H](C(=O)c3ccc(Cl)cc3)N3c4ccccc4C=C[C@H]3C23C(=O)c2ccccc2C3=O)cc1OC. The van der Waals surface area contributed by atoms with E-state index in [2.05, 4.69) is 0 Å². The summed E-state index contributed by atoms with van der Waals surface area (Å²) in [5.41, 5.74) is 1.92. The fourth-order valence-corrected chi connectivity index (χ4v) is 7.25. The molecule has 42 heavy (non-hydrogen) atoms. The molecule has 3 atom stereocenters. The zero-order valence-corrected chi connectivity index (χ0v) is 23.7. The van der Waals surface area contributed by atoms with Gasteiger partial charge in [-0.25, -0.2) is 0 Å². The van der Waals surface area contributed by atoms with Crippen molar-refractivity contribution in [2.24, 2.45) is 5.41 Å². The summed E-state index contributed by atoms with van der Waals surface area (Å²) in [7, 11) is 3.08. The van der Waals surface area contributed by atoms with Crippen molar-refractivity contribution >= 4 is 40.7 Å². The maximum Gasteiger partial charge on any atom is 0.185 e. The quantitative estimate of drug-likeness (QED) is 0.195. The average Bonchev–Trinajstić information content (AvgIpc) is 3.47. The van der Waals surface area contributed by atoms with Crippen LogP contribution in [0.5, 0.6) is 11.5 Å². The van der Waals surface area contributed by atoms with Crippen molar-refractivity contribution in [2.45, 2.75) is 18.0 Å². The Balaban J connectivity index is 1.55. The molecule has 1 spiro atoms. The number of para-hydroxylation sites is 1. The summed E-state index contributed by atoms with van der Waals surface area (Å²) in [5.74, 6) is -0.686. The summed E-state index contributed by atoms with van der Waals surface area (Å²) in [5, 5.41) is 0.506. The molecule has 7 heteroatoms. The van der Waals surface area contributed by atoms with Gasteiger partial charge in [-0.2, -0.15) is 0 Å². The molecule has 208 valence electrons. The second-order valence-corrected chi connectivity index (χ2v) is 11.2. The minimum Gasteiger partial charge on any atom is -0.493 e. The molecule has 7 rings (SSSR count). The second-order valence-electron chi connectivity index (χ2n) is 10.8. The van der Waals surface area contributed by atoms with Crippen molar-refractivity contribution in [3.05, 3.63) is 130 Å². The number of rotatable bonds is 5. The van der Waals surface area contributed by atoms with E-state index in [0.29, 0.717) is 38.8 Å². The van der Waals surface area contributed by atoms with Gasteiger partial charge in [-0.05, 0) is 53.6 Å². The van der Waals surface area contributed by atoms with E-state index in [1.54, 1.807) is 67.8 Å². The van der Waals surface area contributed by atoms with E-state index < -0.39 is 23.4 Å². The lowest BCUT2D eigenvalue weighted by atomic mass is 9.64. The van der Waals surface area contributed by atoms with E-state index in [0.717, 1.165) is 11.3 Å². The van der Waals surface area contributed by atoms with Gasteiger partial charge < -0.3 is 14.4 Å². The number of ketones is 3. The van der Waals surface area contributed by atoms with Gasteiger partial charge in [0.05, 0.1) is 20.3 Å². The van der Waals surface area contributed by atoms with Gasteiger partial charge in [0.15, 0.2) is 28.8 Å². The number of ether oxygens (including phenoxy) is 2. The molecule has 0 unspecified atom stereocenters. The number of halogens is 1.